The van der Waals surface area contributed by atoms with Gasteiger partial charge < -0.3 is 5.21 Å². The van der Waals surface area contributed by atoms with Crippen LogP contribution in [0.5, 0.6) is 0 Å². The van der Waals surface area contributed by atoms with E-state index in [0.717, 1.165) is 5.56 Å². The highest BCUT2D eigenvalue weighted by Gasteiger charge is 2.09. The first kappa shape index (κ1) is 7.77. The van der Waals surface area contributed by atoms with Crippen molar-refractivity contribution in [3.05, 3.63) is 34.9 Å². The molecule has 2 heteroatoms. The summed E-state index contributed by atoms with van der Waals surface area (Å²) in [6.07, 6.45) is 3.71. The van der Waals surface area contributed by atoms with Crippen LogP contribution < -0.4 is 5.48 Å². The molecule has 2 rings (SSSR count). The summed E-state index contributed by atoms with van der Waals surface area (Å²) < 4.78 is 0. The number of nitrogens with one attached hydrogen (secondary N) is 1. The van der Waals surface area contributed by atoms with Crippen LogP contribution >= 0.6 is 0 Å². The van der Waals surface area contributed by atoms with Crippen molar-refractivity contribution < 1.29 is 5.21 Å². The van der Waals surface area contributed by atoms with Crippen molar-refractivity contribution in [1.82, 2.24) is 5.48 Å². The van der Waals surface area contributed by atoms with Crippen LogP contribution in [0.2, 0.25) is 0 Å². The quantitative estimate of drug-likeness (QED) is 0.650. The molecule has 0 spiro atoms. The highest BCUT2D eigenvalue weighted by molar-refractivity contribution is 5.35. The van der Waals surface area contributed by atoms with Gasteiger partial charge in [-0.25, -0.2) is 5.48 Å². The fraction of sp³-hybridized carbons (Fsp3) is 0.400. The maximum absolute atomic E-state index is 8.52. The average molecular weight is 163 g/mol. The minimum absolute atomic E-state index is 0.549. The lowest BCUT2D eigenvalue weighted by molar-refractivity contribution is 0.161. The zero-order valence-electron chi connectivity index (χ0n) is 7.01. The van der Waals surface area contributed by atoms with Gasteiger partial charge in [0.1, 0.15) is 0 Å². The molecule has 0 bridgehead atoms. The third-order valence-corrected chi connectivity index (χ3v) is 2.45. The van der Waals surface area contributed by atoms with Crippen LogP contribution in [0.15, 0.2) is 18.2 Å². The van der Waals surface area contributed by atoms with Crippen LogP contribution in [0.4, 0.5) is 0 Å². The molecular formula is C10H13NO. The first-order valence-electron chi connectivity index (χ1n) is 4.38. The highest BCUT2D eigenvalue weighted by atomic mass is 16.5. The minimum atomic E-state index is 0.549. The molecule has 1 aromatic rings. The molecule has 0 saturated heterocycles. The molecule has 0 fully saturated rings. The Morgan fingerprint density at radius 3 is 2.92 bits per heavy atom. The Labute approximate surface area is 72.2 Å². The predicted octanol–water partition coefficient (Wildman–Crippen LogP) is 1.65. The van der Waals surface area contributed by atoms with Crippen LogP contribution in [0.25, 0.3) is 0 Å². The minimum Gasteiger partial charge on any atom is -0.316 e. The fourth-order valence-electron chi connectivity index (χ4n) is 1.83. The van der Waals surface area contributed by atoms with Crippen molar-refractivity contribution in [2.24, 2.45) is 0 Å². The number of benzene rings is 1. The zero-order valence-corrected chi connectivity index (χ0v) is 7.01. The van der Waals surface area contributed by atoms with E-state index < -0.39 is 0 Å². The molecule has 2 nitrogen and oxygen atoms in total. The van der Waals surface area contributed by atoms with E-state index in [1.165, 1.54) is 30.4 Å². The molecule has 0 amide bonds. The fourth-order valence-corrected chi connectivity index (χ4v) is 1.83. The Morgan fingerprint density at radius 1 is 1.25 bits per heavy atom. The molecule has 0 aliphatic heterocycles. The van der Waals surface area contributed by atoms with E-state index in [4.69, 9.17) is 5.21 Å². The second kappa shape index (κ2) is 3.25. The summed E-state index contributed by atoms with van der Waals surface area (Å²) in [5, 5.41) is 8.52. The summed E-state index contributed by atoms with van der Waals surface area (Å²) in [7, 11) is 0. The normalized spacial score (nSPS) is 14.8. The van der Waals surface area contributed by atoms with E-state index in [9.17, 15) is 0 Å². The number of aryl methyl sites for hydroxylation is 2. The molecule has 2 N–H and O–H groups in total. The Hall–Kier alpha value is -0.860. The monoisotopic (exact) mass is 163 g/mol. The van der Waals surface area contributed by atoms with Gasteiger partial charge in [-0.05, 0) is 36.0 Å². The van der Waals surface area contributed by atoms with Gasteiger partial charge in [0.25, 0.3) is 0 Å². The molecule has 1 aliphatic carbocycles. The lowest BCUT2D eigenvalue weighted by Crippen LogP contribution is -2.06. The van der Waals surface area contributed by atoms with Gasteiger partial charge >= 0.3 is 0 Å². The van der Waals surface area contributed by atoms with Crippen molar-refractivity contribution in [3.8, 4) is 0 Å². The third kappa shape index (κ3) is 1.36. The summed E-state index contributed by atoms with van der Waals surface area (Å²) in [5.41, 5.74) is 6.28. The molecule has 0 unspecified atom stereocenters. The van der Waals surface area contributed by atoms with Crippen molar-refractivity contribution in [2.75, 3.05) is 0 Å². The van der Waals surface area contributed by atoms with E-state index in [2.05, 4.69) is 23.7 Å². The van der Waals surface area contributed by atoms with Gasteiger partial charge in [-0.15, -0.1) is 0 Å². The molecule has 1 aliphatic rings. The molecule has 12 heavy (non-hydrogen) atoms. The predicted molar refractivity (Wildman–Crippen MR) is 47.1 cm³/mol. The SMILES string of the molecule is ONCc1ccc2c(c1)CCC2. The molecule has 0 atom stereocenters. The molecular weight excluding hydrogens is 150 g/mol. The lowest BCUT2D eigenvalue weighted by atomic mass is 10.1. The summed E-state index contributed by atoms with van der Waals surface area (Å²) >= 11 is 0. The van der Waals surface area contributed by atoms with Gasteiger partial charge in [-0.1, -0.05) is 18.2 Å². The van der Waals surface area contributed by atoms with E-state index in [0.29, 0.717) is 6.54 Å². The average Bonchev–Trinajstić information content (AvgIpc) is 2.51. The first-order valence-corrected chi connectivity index (χ1v) is 4.38. The van der Waals surface area contributed by atoms with Crippen LogP contribution in [-0.4, -0.2) is 5.21 Å². The maximum atomic E-state index is 8.52. The van der Waals surface area contributed by atoms with E-state index in [1.54, 1.807) is 0 Å². The van der Waals surface area contributed by atoms with Crippen molar-refractivity contribution in [3.63, 3.8) is 0 Å². The number of hydroxylamine groups is 1. The largest absolute Gasteiger partial charge is 0.316 e. The Bertz CT molecular complexity index is 283. The number of rotatable bonds is 2. The number of fused-ring (bicyclic) bond motifs is 1. The van der Waals surface area contributed by atoms with Gasteiger partial charge in [-0.2, -0.15) is 0 Å². The van der Waals surface area contributed by atoms with E-state index >= 15 is 0 Å². The molecule has 0 saturated carbocycles. The summed E-state index contributed by atoms with van der Waals surface area (Å²) in [5.74, 6) is 0. The van der Waals surface area contributed by atoms with E-state index in [-0.39, 0.29) is 0 Å². The Kier molecular flexibility index (Phi) is 2.11. The van der Waals surface area contributed by atoms with Gasteiger partial charge in [0.2, 0.25) is 0 Å². The maximum Gasteiger partial charge on any atom is 0.0458 e. The topological polar surface area (TPSA) is 32.3 Å². The van der Waals surface area contributed by atoms with Gasteiger partial charge in [0.15, 0.2) is 0 Å². The van der Waals surface area contributed by atoms with Crippen molar-refractivity contribution in [1.29, 1.82) is 0 Å². The second-order valence-corrected chi connectivity index (χ2v) is 3.29. The van der Waals surface area contributed by atoms with Crippen molar-refractivity contribution >= 4 is 0 Å². The van der Waals surface area contributed by atoms with Crippen LogP contribution in [0.3, 0.4) is 0 Å². The van der Waals surface area contributed by atoms with Crippen LogP contribution in [-0.2, 0) is 19.4 Å². The molecule has 64 valence electrons. The Balaban J connectivity index is 2.26. The summed E-state index contributed by atoms with van der Waals surface area (Å²) in [6.45, 7) is 0.549. The Morgan fingerprint density at radius 2 is 2.08 bits per heavy atom. The molecule has 0 aromatic heterocycles. The number of hydrogen-bond acceptors (Lipinski definition) is 2. The molecule has 1 aromatic carbocycles. The van der Waals surface area contributed by atoms with Gasteiger partial charge in [0, 0.05) is 6.54 Å². The molecule has 0 heterocycles. The first-order chi connectivity index (χ1) is 5.90. The van der Waals surface area contributed by atoms with Gasteiger partial charge in [-0.3, -0.25) is 0 Å². The van der Waals surface area contributed by atoms with Gasteiger partial charge in [0.05, 0.1) is 0 Å². The lowest BCUT2D eigenvalue weighted by Gasteiger charge is -2.02. The zero-order chi connectivity index (χ0) is 8.39. The number of hydrogen-bond donors (Lipinski definition) is 2. The standard InChI is InChI=1S/C10H13NO/c12-11-7-8-4-5-9-2-1-3-10(9)6-8/h4-6,11-12H,1-3,7H2. The van der Waals surface area contributed by atoms with Crippen LogP contribution in [0, 0.1) is 0 Å². The van der Waals surface area contributed by atoms with Crippen LogP contribution in [0.1, 0.15) is 23.1 Å². The summed E-state index contributed by atoms with van der Waals surface area (Å²) in [4.78, 5) is 0. The third-order valence-electron chi connectivity index (χ3n) is 2.45. The highest BCUT2D eigenvalue weighted by Crippen LogP contribution is 2.22. The van der Waals surface area contributed by atoms with Crippen molar-refractivity contribution in [2.45, 2.75) is 25.8 Å². The summed E-state index contributed by atoms with van der Waals surface area (Å²) in [6, 6.07) is 6.44. The second-order valence-electron chi connectivity index (χ2n) is 3.29. The molecule has 0 radical (unpaired) electrons. The smallest absolute Gasteiger partial charge is 0.0458 e. The van der Waals surface area contributed by atoms with E-state index in [1.807, 2.05) is 0 Å².